The molecule has 0 fully saturated rings. The fourth-order valence-electron chi connectivity index (χ4n) is 4.30. The van der Waals surface area contributed by atoms with Crippen LogP contribution in [-0.2, 0) is 22.2 Å². The molecule has 29 heavy (non-hydrogen) atoms. The zero-order valence-electron chi connectivity index (χ0n) is 18.0. The maximum absolute atomic E-state index is 8.85. The fourth-order valence-corrected chi connectivity index (χ4v) is 4.30. The summed E-state index contributed by atoms with van der Waals surface area (Å²) in [6.45, 7) is 10.5. The molecule has 0 aromatic heterocycles. The summed E-state index contributed by atoms with van der Waals surface area (Å²) in [5.41, 5.74) is 3.52. The Kier molecular flexibility index (Phi) is 6.76. The Morgan fingerprint density at radius 3 is 2.28 bits per heavy atom. The van der Waals surface area contributed by atoms with E-state index in [1.165, 1.54) is 11.1 Å². The highest BCUT2D eigenvalue weighted by Gasteiger charge is 2.50. The molecule has 2 aromatic rings. The second-order valence-corrected chi connectivity index (χ2v) is 8.16. The van der Waals surface area contributed by atoms with Crippen molar-refractivity contribution in [2.45, 2.75) is 57.6 Å². The standard InChI is InChI=1S/C25H33NO3/c1-5-24(3,20-11-13-22(14-12-20)29-6-2)23-25(4,18-26-23)21-9-7-19(8-10-21)17-28-16-15-27/h7-14,18,23,27H,5-6,15-17H2,1-4H3. The average Bonchev–Trinajstić information content (AvgIpc) is 2.73. The molecule has 0 aliphatic carbocycles. The SMILES string of the molecule is CCOc1ccc(C(C)(CC)C2N=CC2(C)c2ccc(COCCO)cc2)cc1. The van der Waals surface area contributed by atoms with Gasteiger partial charge in [-0.1, -0.05) is 50.2 Å². The van der Waals surface area contributed by atoms with E-state index in [1.54, 1.807) is 0 Å². The number of hydrogen-bond donors (Lipinski definition) is 1. The van der Waals surface area contributed by atoms with Crippen molar-refractivity contribution in [3.05, 3.63) is 65.2 Å². The molecule has 0 amide bonds. The minimum atomic E-state index is -0.103. The van der Waals surface area contributed by atoms with Gasteiger partial charge in [0.25, 0.3) is 0 Å². The third-order valence-electron chi connectivity index (χ3n) is 6.30. The van der Waals surface area contributed by atoms with Crippen LogP contribution >= 0.6 is 0 Å². The molecule has 0 saturated carbocycles. The molecule has 0 saturated heterocycles. The van der Waals surface area contributed by atoms with Crippen molar-refractivity contribution in [1.29, 1.82) is 0 Å². The summed E-state index contributed by atoms with van der Waals surface area (Å²) in [7, 11) is 0. The molecule has 3 atom stereocenters. The van der Waals surface area contributed by atoms with Gasteiger partial charge in [-0.05, 0) is 49.1 Å². The van der Waals surface area contributed by atoms with Gasteiger partial charge in [-0.15, -0.1) is 0 Å². The first-order valence-electron chi connectivity index (χ1n) is 10.5. The van der Waals surface area contributed by atoms with E-state index in [9.17, 15) is 0 Å². The van der Waals surface area contributed by atoms with Crippen molar-refractivity contribution >= 4 is 6.21 Å². The first kappa shape index (κ1) is 21.5. The molecule has 0 spiro atoms. The Morgan fingerprint density at radius 1 is 1.07 bits per heavy atom. The molecule has 4 nitrogen and oxygen atoms in total. The van der Waals surface area contributed by atoms with Gasteiger partial charge in [0.15, 0.2) is 0 Å². The highest BCUT2D eigenvalue weighted by molar-refractivity contribution is 5.81. The molecule has 1 aliphatic heterocycles. The number of nitrogens with zero attached hydrogens (tertiary/aromatic N) is 1. The Morgan fingerprint density at radius 2 is 1.76 bits per heavy atom. The Balaban J connectivity index is 1.81. The molecule has 3 rings (SSSR count). The Bertz CT molecular complexity index is 815. The number of aliphatic imine (C=N–C) groups is 1. The maximum Gasteiger partial charge on any atom is 0.119 e. The lowest BCUT2D eigenvalue weighted by Gasteiger charge is -2.50. The molecule has 3 unspecified atom stereocenters. The van der Waals surface area contributed by atoms with Gasteiger partial charge >= 0.3 is 0 Å². The van der Waals surface area contributed by atoms with Crippen LogP contribution in [0.3, 0.4) is 0 Å². The lowest BCUT2D eigenvalue weighted by molar-refractivity contribution is 0.0815. The van der Waals surface area contributed by atoms with Crippen molar-refractivity contribution < 1.29 is 14.6 Å². The molecule has 1 heterocycles. The van der Waals surface area contributed by atoms with Crippen LogP contribution in [0.5, 0.6) is 5.75 Å². The summed E-state index contributed by atoms with van der Waals surface area (Å²) in [4.78, 5) is 4.85. The van der Waals surface area contributed by atoms with Crippen LogP contribution in [0.25, 0.3) is 0 Å². The molecule has 2 aromatic carbocycles. The summed E-state index contributed by atoms with van der Waals surface area (Å²) >= 11 is 0. The van der Waals surface area contributed by atoms with Crippen molar-refractivity contribution in [2.75, 3.05) is 19.8 Å². The average molecular weight is 396 g/mol. The molecular formula is C25H33NO3. The van der Waals surface area contributed by atoms with E-state index in [1.807, 2.05) is 6.92 Å². The number of aliphatic hydroxyl groups excluding tert-OH is 1. The largest absolute Gasteiger partial charge is 0.494 e. The quantitative estimate of drug-likeness (QED) is 0.595. The Hall–Kier alpha value is -2.17. The highest BCUT2D eigenvalue weighted by Crippen LogP contribution is 2.47. The predicted octanol–water partition coefficient (Wildman–Crippen LogP) is 4.67. The summed E-state index contributed by atoms with van der Waals surface area (Å²) < 4.78 is 11.0. The number of aliphatic hydroxyl groups is 1. The van der Waals surface area contributed by atoms with Crippen LogP contribution in [0, 0.1) is 0 Å². The van der Waals surface area contributed by atoms with Crippen LogP contribution in [-0.4, -0.2) is 37.2 Å². The fraction of sp³-hybridized carbons (Fsp3) is 0.480. The molecule has 1 aliphatic rings. The van der Waals surface area contributed by atoms with Gasteiger partial charge in [-0.25, -0.2) is 0 Å². The van der Waals surface area contributed by atoms with Crippen LogP contribution in [0.2, 0.25) is 0 Å². The zero-order chi connectivity index (χ0) is 20.9. The molecule has 0 radical (unpaired) electrons. The molecule has 4 heteroatoms. The van der Waals surface area contributed by atoms with Crippen molar-refractivity contribution in [3.63, 3.8) is 0 Å². The molecule has 1 N–H and O–H groups in total. The van der Waals surface area contributed by atoms with Gasteiger partial charge in [-0.2, -0.15) is 0 Å². The number of hydrogen-bond acceptors (Lipinski definition) is 4. The van der Waals surface area contributed by atoms with Gasteiger partial charge < -0.3 is 14.6 Å². The maximum atomic E-state index is 8.85. The molecular weight excluding hydrogens is 362 g/mol. The van der Waals surface area contributed by atoms with Gasteiger partial charge in [0.1, 0.15) is 5.75 Å². The molecule has 0 bridgehead atoms. The van der Waals surface area contributed by atoms with E-state index in [0.717, 1.165) is 17.7 Å². The number of benzene rings is 2. The topological polar surface area (TPSA) is 51.0 Å². The predicted molar refractivity (Wildman–Crippen MR) is 118 cm³/mol. The monoisotopic (exact) mass is 395 g/mol. The lowest BCUT2D eigenvalue weighted by Crippen LogP contribution is -2.55. The summed E-state index contributed by atoms with van der Waals surface area (Å²) in [6, 6.07) is 17.3. The minimum Gasteiger partial charge on any atom is -0.494 e. The highest BCUT2D eigenvalue weighted by atomic mass is 16.5. The van der Waals surface area contributed by atoms with Gasteiger partial charge in [-0.3, -0.25) is 4.99 Å². The normalized spacial score (nSPS) is 22.7. The second-order valence-electron chi connectivity index (χ2n) is 8.16. The first-order valence-corrected chi connectivity index (χ1v) is 10.5. The van der Waals surface area contributed by atoms with Crippen molar-refractivity contribution in [1.82, 2.24) is 0 Å². The lowest BCUT2D eigenvalue weighted by atomic mass is 9.59. The summed E-state index contributed by atoms with van der Waals surface area (Å²) in [5.74, 6) is 0.911. The minimum absolute atomic E-state index is 0.0510. The van der Waals surface area contributed by atoms with Crippen LogP contribution in [0.4, 0.5) is 0 Å². The van der Waals surface area contributed by atoms with Crippen LogP contribution < -0.4 is 4.74 Å². The third kappa shape index (κ3) is 4.24. The molecule has 156 valence electrons. The van der Waals surface area contributed by atoms with E-state index in [2.05, 4.69) is 75.5 Å². The van der Waals surface area contributed by atoms with Crippen LogP contribution in [0.15, 0.2) is 53.5 Å². The van der Waals surface area contributed by atoms with Gasteiger partial charge in [0, 0.05) is 11.6 Å². The Labute approximate surface area is 174 Å². The van der Waals surface area contributed by atoms with E-state index in [-0.39, 0.29) is 23.5 Å². The first-order chi connectivity index (χ1) is 14.0. The second kappa shape index (κ2) is 9.10. The number of rotatable bonds is 10. The van der Waals surface area contributed by atoms with Crippen molar-refractivity contribution in [2.24, 2.45) is 4.99 Å². The van der Waals surface area contributed by atoms with Crippen molar-refractivity contribution in [3.8, 4) is 5.75 Å². The zero-order valence-corrected chi connectivity index (χ0v) is 18.0. The van der Waals surface area contributed by atoms with E-state index in [0.29, 0.717) is 19.8 Å². The van der Waals surface area contributed by atoms with E-state index in [4.69, 9.17) is 19.6 Å². The van der Waals surface area contributed by atoms with E-state index < -0.39 is 0 Å². The van der Waals surface area contributed by atoms with Gasteiger partial charge in [0.05, 0.1) is 37.9 Å². The summed E-state index contributed by atoms with van der Waals surface area (Å²) in [5, 5.41) is 8.85. The number of ether oxygens (including phenoxy) is 2. The smallest absolute Gasteiger partial charge is 0.119 e. The van der Waals surface area contributed by atoms with Crippen LogP contribution in [0.1, 0.15) is 50.8 Å². The van der Waals surface area contributed by atoms with Gasteiger partial charge in [0.2, 0.25) is 0 Å². The summed E-state index contributed by atoms with van der Waals surface area (Å²) in [6.07, 6.45) is 3.10. The third-order valence-corrected chi connectivity index (χ3v) is 6.30. The van der Waals surface area contributed by atoms with E-state index >= 15 is 0 Å².